The van der Waals surface area contributed by atoms with Gasteiger partial charge in [-0.1, -0.05) is 12.1 Å². The first-order valence-electron chi connectivity index (χ1n) is 8.98. The predicted octanol–water partition coefficient (Wildman–Crippen LogP) is 3.39. The Bertz CT molecular complexity index is 737. The summed E-state index contributed by atoms with van der Waals surface area (Å²) in [6, 6.07) is 7.59. The van der Waals surface area contributed by atoms with Crippen LogP contribution < -0.4 is 10.6 Å². The van der Waals surface area contributed by atoms with Crippen LogP contribution in [0.5, 0.6) is 0 Å². The molecule has 0 radical (unpaired) electrons. The van der Waals surface area contributed by atoms with Gasteiger partial charge in [-0.05, 0) is 51.3 Å². The van der Waals surface area contributed by atoms with E-state index in [9.17, 15) is 9.59 Å². The molecule has 0 saturated carbocycles. The molecule has 2 aromatic rings. The fourth-order valence-corrected chi connectivity index (χ4v) is 2.98. The Morgan fingerprint density at radius 1 is 1.30 bits per heavy atom. The quantitative estimate of drug-likeness (QED) is 0.640. The summed E-state index contributed by atoms with van der Waals surface area (Å²) >= 11 is 1.72. The molecule has 148 valence electrons. The largest absolute Gasteiger partial charge is 0.444 e. The molecule has 27 heavy (non-hydrogen) atoms. The van der Waals surface area contributed by atoms with E-state index in [1.807, 2.05) is 30.5 Å². The van der Waals surface area contributed by atoms with Crippen LogP contribution in [0, 0.1) is 0 Å². The highest BCUT2D eigenvalue weighted by atomic mass is 32.2. The maximum atomic E-state index is 12.3. The molecule has 7 nitrogen and oxygen atoms in total. The van der Waals surface area contributed by atoms with Gasteiger partial charge in [0, 0.05) is 13.0 Å². The molecular weight excluding hydrogens is 364 g/mol. The maximum absolute atomic E-state index is 12.3. The summed E-state index contributed by atoms with van der Waals surface area (Å²) in [5.41, 5.74) is 1.27. The number of H-pyrrole nitrogens is 1. The molecule has 1 aromatic heterocycles. The number of aromatic nitrogens is 2. The predicted molar refractivity (Wildman–Crippen MR) is 109 cm³/mol. The van der Waals surface area contributed by atoms with Gasteiger partial charge in [0.25, 0.3) is 0 Å². The van der Waals surface area contributed by atoms with E-state index in [1.54, 1.807) is 32.5 Å². The molecular formula is C19H28N4O3S. The molecule has 1 heterocycles. The molecule has 1 aromatic carbocycles. The number of benzene rings is 1. The monoisotopic (exact) mass is 392 g/mol. The standard InChI is InChI=1S/C19H28N4O3S/c1-19(2,3)26-18(25)20-11-9-16(24)21-15(10-12-27-4)17-22-13-7-5-6-8-14(13)23-17/h5-8,15H,9-12H2,1-4H3,(H,20,25)(H,21,24)(H,22,23)/t15-/m0/s1. The first-order chi connectivity index (χ1) is 12.8. The second-order valence-corrected chi connectivity index (χ2v) is 8.21. The molecule has 0 bridgehead atoms. The SMILES string of the molecule is CSCC[C@H](NC(=O)CCNC(=O)OC(C)(C)C)c1nc2ccccc2[nH]1. The Morgan fingerprint density at radius 2 is 2.04 bits per heavy atom. The van der Waals surface area contributed by atoms with Crippen LogP contribution in [0.4, 0.5) is 4.79 Å². The van der Waals surface area contributed by atoms with Crippen molar-refractivity contribution in [1.29, 1.82) is 0 Å². The summed E-state index contributed by atoms with van der Waals surface area (Å²) in [6.45, 7) is 5.60. The lowest BCUT2D eigenvalue weighted by molar-refractivity contribution is -0.121. The van der Waals surface area contributed by atoms with Crippen LogP contribution in [0.3, 0.4) is 0 Å². The van der Waals surface area contributed by atoms with Gasteiger partial charge < -0.3 is 20.4 Å². The Labute approximate surface area is 164 Å². The Kier molecular flexibility index (Phi) is 7.53. The van der Waals surface area contributed by atoms with Crippen molar-refractivity contribution < 1.29 is 14.3 Å². The average Bonchev–Trinajstić information content (AvgIpc) is 3.01. The van der Waals surface area contributed by atoms with E-state index in [0.29, 0.717) is 0 Å². The lowest BCUT2D eigenvalue weighted by Gasteiger charge is -2.20. The van der Waals surface area contributed by atoms with Crippen molar-refractivity contribution in [3.63, 3.8) is 0 Å². The van der Waals surface area contributed by atoms with Gasteiger partial charge in [-0.3, -0.25) is 4.79 Å². The fraction of sp³-hybridized carbons (Fsp3) is 0.526. The topological polar surface area (TPSA) is 96.1 Å². The molecule has 3 N–H and O–H groups in total. The number of fused-ring (bicyclic) bond motifs is 1. The maximum Gasteiger partial charge on any atom is 0.407 e. The van der Waals surface area contributed by atoms with Crippen molar-refractivity contribution in [2.75, 3.05) is 18.6 Å². The van der Waals surface area contributed by atoms with Crippen LogP contribution in [0.25, 0.3) is 11.0 Å². The zero-order valence-electron chi connectivity index (χ0n) is 16.3. The van der Waals surface area contributed by atoms with Gasteiger partial charge in [0.1, 0.15) is 11.4 Å². The molecule has 0 aliphatic rings. The van der Waals surface area contributed by atoms with E-state index in [4.69, 9.17) is 4.74 Å². The van der Waals surface area contributed by atoms with Crippen molar-refractivity contribution in [3.8, 4) is 0 Å². The number of alkyl carbamates (subject to hydrolysis) is 1. The fourth-order valence-electron chi connectivity index (χ4n) is 2.51. The number of rotatable bonds is 8. The van der Waals surface area contributed by atoms with Gasteiger partial charge >= 0.3 is 6.09 Å². The number of aromatic amines is 1. The number of amides is 2. The van der Waals surface area contributed by atoms with E-state index in [1.165, 1.54) is 0 Å². The molecule has 0 fully saturated rings. The van der Waals surface area contributed by atoms with Crippen LogP contribution >= 0.6 is 11.8 Å². The highest BCUT2D eigenvalue weighted by Crippen LogP contribution is 2.20. The van der Waals surface area contributed by atoms with E-state index < -0.39 is 11.7 Å². The summed E-state index contributed by atoms with van der Waals surface area (Å²) in [4.78, 5) is 31.8. The third kappa shape index (κ3) is 7.13. The van der Waals surface area contributed by atoms with Crippen molar-refractivity contribution in [3.05, 3.63) is 30.1 Å². The summed E-state index contributed by atoms with van der Waals surface area (Å²) in [5.74, 6) is 1.51. The highest BCUT2D eigenvalue weighted by molar-refractivity contribution is 7.98. The third-order valence-electron chi connectivity index (χ3n) is 3.70. The first kappa shape index (κ1) is 21.1. The van der Waals surface area contributed by atoms with Gasteiger partial charge in [0.2, 0.25) is 5.91 Å². The molecule has 0 unspecified atom stereocenters. The first-order valence-corrected chi connectivity index (χ1v) is 10.4. The number of carbonyl (C=O) groups is 2. The number of hydrogen-bond donors (Lipinski definition) is 3. The van der Waals surface area contributed by atoms with Gasteiger partial charge in [-0.15, -0.1) is 0 Å². The van der Waals surface area contributed by atoms with E-state index in [2.05, 4.69) is 20.6 Å². The average molecular weight is 393 g/mol. The van der Waals surface area contributed by atoms with Crippen LogP contribution in [-0.4, -0.2) is 46.1 Å². The van der Waals surface area contributed by atoms with E-state index in [0.717, 1.165) is 29.0 Å². The smallest absolute Gasteiger partial charge is 0.407 e. The highest BCUT2D eigenvalue weighted by Gasteiger charge is 2.19. The van der Waals surface area contributed by atoms with Crippen molar-refractivity contribution in [1.82, 2.24) is 20.6 Å². The molecule has 2 rings (SSSR count). The number of nitrogens with zero attached hydrogens (tertiary/aromatic N) is 1. The summed E-state index contributed by atoms with van der Waals surface area (Å²) < 4.78 is 5.16. The minimum atomic E-state index is -0.559. The van der Waals surface area contributed by atoms with Gasteiger partial charge in [-0.25, -0.2) is 9.78 Å². The molecule has 1 atom stereocenters. The molecule has 8 heteroatoms. The normalized spacial score (nSPS) is 12.6. The second kappa shape index (κ2) is 9.64. The van der Waals surface area contributed by atoms with Gasteiger partial charge in [0.15, 0.2) is 0 Å². The van der Waals surface area contributed by atoms with E-state index in [-0.39, 0.29) is 24.9 Å². The Morgan fingerprint density at radius 3 is 2.70 bits per heavy atom. The van der Waals surface area contributed by atoms with E-state index >= 15 is 0 Å². The summed E-state index contributed by atoms with van der Waals surface area (Å²) in [6.07, 6.45) is 2.45. The Hall–Kier alpha value is -2.22. The summed E-state index contributed by atoms with van der Waals surface area (Å²) in [5, 5.41) is 5.61. The van der Waals surface area contributed by atoms with Gasteiger partial charge in [-0.2, -0.15) is 11.8 Å². The lowest BCUT2D eigenvalue weighted by Crippen LogP contribution is -2.36. The number of para-hydroxylation sites is 2. The van der Waals surface area contributed by atoms with Crippen molar-refractivity contribution in [2.45, 2.75) is 45.3 Å². The van der Waals surface area contributed by atoms with Crippen LogP contribution in [0.15, 0.2) is 24.3 Å². The molecule has 0 aliphatic heterocycles. The lowest BCUT2D eigenvalue weighted by atomic mass is 10.2. The third-order valence-corrected chi connectivity index (χ3v) is 4.35. The van der Waals surface area contributed by atoms with Gasteiger partial charge in [0.05, 0.1) is 17.1 Å². The van der Waals surface area contributed by atoms with Crippen molar-refractivity contribution in [2.24, 2.45) is 0 Å². The van der Waals surface area contributed by atoms with Crippen molar-refractivity contribution >= 4 is 34.8 Å². The van der Waals surface area contributed by atoms with Crippen LogP contribution in [-0.2, 0) is 9.53 Å². The molecule has 2 amide bonds. The number of imidazole rings is 1. The zero-order chi connectivity index (χ0) is 19.9. The number of thioether (sulfide) groups is 1. The van der Waals surface area contributed by atoms with Crippen LogP contribution in [0.2, 0.25) is 0 Å². The molecule has 0 aliphatic carbocycles. The Balaban J connectivity index is 1.91. The van der Waals surface area contributed by atoms with Crippen LogP contribution in [0.1, 0.15) is 45.5 Å². The zero-order valence-corrected chi connectivity index (χ0v) is 17.1. The minimum absolute atomic E-state index is 0.141. The number of ether oxygens (including phenoxy) is 1. The number of hydrogen-bond acceptors (Lipinski definition) is 5. The second-order valence-electron chi connectivity index (χ2n) is 7.22. The molecule has 0 spiro atoms. The number of carbonyl (C=O) groups excluding carboxylic acids is 2. The number of nitrogens with one attached hydrogen (secondary N) is 3. The molecule has 0 saturated heterocycles. The summed E-state index contributed by atoms with van der Waals surface area (Å²) in [7, 11) is 0. The minimum Gasteiger partial charge on any atom is -0.444 e.